The first-order valence-corrected chi connectivity index (χ1v) is 16.8. The van der Waals surface area contributed by atoms with E-state index < -0.39 is 21.4 Å². The molecule has 13 heteroatoms. The van der Waals surface area contributed by atoms with E-state index in [-0.39, 0.29) is 31.5 Å². The second kappa shape index (κ2) is 13.3. The molecule has 1 amide bonds. The predicted molar refractivity (Wildman–Crippen MR) is 169 cm³/mol. The van der Waals surface area contributed by atoms with Gasteiger partial charge in [0.15, 0.2) is 15.6 Å². The van der Waals surface area contributed by atoms with Gasteiger partial charge in [-0.05, 0) is 36.8 Å². The van der Waals surface area contributed by atoms with Gasteiger partial charge in [0, 0.05) is 55.3 Å². The molecular formula is C30H29Cl2N3O6S2. The van der Waals surface area contributed by atoms with Crippen molar-refractivity contribution < 1.29 is 22.7 Å². The normalized spacial score (nSPS) is 14.2. The first-order chi connectivity index (χ1) is 20.5. The first-order valence-electron chi connectivity index (χ1n) is 13.5. The summed E-state index contributed by atoms with van der Waals surface area (Å²) in [4.78, 5) is 41.7. The third kappa shape index (κ3) is 7.36. The van der Waals surface area contributed by atoms with Crippen molar-refractivity contribution in [3.05, 3.63) is 91.1 Å². The van der Waals surface area contributed by atoms with E-state index >= 15 is 0 Å². The van der Waals surface area contributed by atoms with E-state index in [0.717, 1.165) is 30.0 Å². The summed E-state index contributed by atoms with van der Waals surface area (Å²) in [5, 5.41) is 4.09. The number of hydrogen-bond donors (Lipinski definition) is 1. The van der Waals surface area contributed by atoms with E-state index in [1.807, 2.05) is 19.1 Å². The van der Waals surface area contributed by atoms with Crippen LogP contribution in [-0.2, 0) is 25.8 Å². The minimum absolute atomic E-state index is 0.0574. The molecule has 1 aliphatic heterocycles. The molecule has 1 fully saturated rings. The van der Waals surface area contributed by atoms with Crippen molar-refractivity contribution in [2.24, 2.45) is 0 Å². The van der Waals surface area contributed by atoms with Crippen LogP contribution < -0.4 is 10.9 Å². The SMILES string of the molecule is Cc1ccc2c(=O)n(-c3ccc(CC(=O)CS(=O)(=O)c4cc(Cl)c(Cl)s4)cc3)cc(C(=O)NCCN3CCOCC3)c2c1. The Hall–Kier alpha value is -3.06. The summed E-state index contributed by atoms with van der Waals surface area (Å²) in [6.45, 7) is 6.04. The lowest BCUT2D eigenvalue weighted by atomic mass is 10.0. The van der Waals surface area contributed by atoms with Gasteiger partial charge >= 0.3 is 0 Å². The molecule has 2 aromatic heterocycles. The number of ketones is 1. The van der Waals surface area contributed by atoms with Gasteiger partial charge in [-0.1, -0.05) is 53.0 Å². The maximum absolute atomic E-state index is 13.5. The highest BCUT2D eigenvalue weighted by atomic mass is 35.5. The number of carbonyl (C=O) groups is 2. The number of amides is 1. The van der Waals surface area contributed by atoms with E-state index in [2.05, 4.69) is 10.2 Å². The number of nitrogens with one attached hydrogen (secondary N) is 1. The van der Waals surface area contributed by atoms with Crippen LogP contribution in [-0.4, -0.2) is 74.7 Å². The van der Waals surface area contributed by atoms with Gasteiger partial charge < -0.3 is 10.1 Å². The average molecular weight is 663 g/mol. The Morgan fingerprint density at radius 2 is 1.74 bits per heavy atom. The molecule has 0 spiro atoms. The zero-order chi connectivity index (χ0) is 30.7. The number of sulfone groups is 1. The van der Waals surface area contributed by atoms with Crippen molar-refractivity contribution in [2.75, 3.05) is 45.1 Å². The summed E-state index contributed by atoms with van der Waals surface area (Å²) in [7, 11) is -3.88. The lowest BCUT2D eigenvalue weighted by Gasteiger charge is -2.26. The number of pyridine rings is 1. The molecule has 1 saturated heterocycles. The average Bonchev–Trinajstić information content (AvgIpc) is 3.32. The van der Waals surface area contributed by atoms with E-state index in [1.165, 1.54) is 16.8 Å². The van der Waals surface area contributed by atoms with Crippen molar-refractivity contribution in [1.29, 1.82) is 0 Å². The second-order valence-corrected chi connectivity index (χ2v) is 14.6. The number of aryl methyl sites for hydroxylation is 1. The Kier molecular flexibility index (Phi) is 9.70. The number of nitrogens with zero attached hydrogens (tertiary/aromatic N) is 2. The van der Waals surface area contributed by atoms with E-state index in [9.17, 15) is 22.8 Å². The highest BCUT2D eigenvalue weighted by Gasteiger charge is 2.23. The summed E-state index contributed by atoms with van der Waals surface area (Å²) >= 11 is 12.6. The van der Waals surface area contributed by atoms with Crippen molar-refractivity contribution in [2.45, 2.75) is 17.6 Å². The largest absolute Gasteiger partial charge is 0.379 e. The Bertz CT molecular complexity index is 1830. The lowest BCUT2D eigenvalue weighted by molar-refractivity contribution is -0.116. The Labute approximate surface area is 262 Å². The number of aromatic nitrogens is 1. The van der Waals surface area contributed by atoms with E-state index in [4.69, 9.17) is 27.9 Å². The van der Waals surface area contributed by atoms with E-state index in [1.54, 1.807) is 30.3 Å². The molecule has 4 aromatic rings. The van der Waals surface area contributed by atoms with Crippen LogP contribution in [0.5, 0.6) is 0 Å². The standard InChI is InChI=1S/C30H29Cl2N3O6S2/c1-19-2-7-23-24(14-19)25(29(37)33-8-9-34-10-12-41-13-11-34)17-35(30(23)38)21-5-3-20(4-6-21)15-22(36)18-43(39,40)27-16-26(31)28(32)42-27/h2-7,14,16-17H,8-13,15,18H2,1H3,(H,33,37). The van der Waals surface area contributed by atoms with Crippen molar-refractivity contribution in [3.63, 3.8) is 0 Å². The van der Waals surface area contributed by atoms with Gasteiger partial charge in [0.05, 0.1) is 23.8 Å². The fourth-order valence-electron chi connectivity index (χ4n) is 4.89. The molecule has 2 aromatic carbocycles. The molecule has 1 aliphatic rings. The van der Waals surface area contributed by atoms with Crippen LogP contribution in [0.4, 0.5) is 0 Å². The van der Waals surface area contributed by atoms with Gasteiger partial charge in [-0.2, -0.15) is 0 Å². The van der Waals surface area contributed by atoms with Gasteiger partial charge in [-0.25, -0.2) is 8.42 Å². The molecule has 0 aliphatic carbocycles. The summed E-state index contributed by atoms with van der Waals surface area (Å²) < 4.78 is 32.1. The van der Waals surface area contributed by atoms with Gasteiger partial charge in [-0.3, -0.25) is 23.9 Å². The molecule has 0 radical (unpaired) electrons. The number of morpholine rings is 1. The summed E-state index contributed by atoms with van der Waals surface area (Å²) in [5.41, 5.74) is 2.09. The number of thiophene rings is 1. The van der Waals surface area contributed by atoms with Crippen molar-refractivity contribution in [1.82, 2.24) is 14.8 Å². The van der Waals surface area contributed by atoms with Gasteiger partial charge in [-0.15, -0.1) is 11.3 Å². The third-order valence-electron chi connectivity index (χ3n) is 7.13. The Balaban J connectivity index is 1.34. The van der Waals surface area contributed by atoms with Crippen molar-refractivity contribution in [3.8, 4) is 5.69 Å². The Morgan fingerprint density at radius 1 is 1.02 bits per heavy atom. The molecule has 5 rings (SSSR count). The highest BCUT2D eigenvalue weighted by molar-refractivity contribution is 7.94. The number of carbonyl (C=O) groups excluding carboxylic acids is 2. The number of hydrogen-bond acceptors (Lipinski definition) is 8. The predicted octanol–water partition coefficient (Wildman–Crippen LogP) is 4.31. The van der Waals surface area contributed by atoms with Crippen molar-refractivity contribution >= 4 is 66.8 Å². The zero-order valence-electron chi connectivity index (χ0n) is 23.3. The van der Waals surface area contributed by atoms with Crippen LogP contribution in [0.25, 0.3) is 16.5 Å². The van der Waals surface area contributed by atoms with Gasteiger partial charge in [0.2, 0.25) is 0 Å². The molecule has 43 heavy (non-hydrogen) atoms. The minimum atomic E-state index is -3.88. The van der Waals surface area contributed by atoms with Crippen LogP contribution in [0.1, 0.15) is 21.5 Å². The number of ether oxygens (including phenoxy) is 1. The second-order valence-electron chi connectivity index (χ2n) is 10.3. The Morgan fingerprint density at radius 3 is 2.42 bits per heavy atom. The topological polar surface area (TPSA) is 115 Å². The highest BCUT2D eigenvalue weighted by Crippen LogP contribution is 2.34. The van der Waals surface area contributed by atoms with Crippen LogP contribution in [0.3, 0.4) is 0 Å². The smallest absolute Gasteiger partial charge is 0.262 e. The first kappa shape index (κ1) is 31.4. The summed E-state index contributed by atoms with van der Waals surface area (Å²) in [6.07, 6.45) is 1.42. The molecular weight excluding hydrogens is 633 g/mol. The maximum Gasteiger partial charge on any atom is 0.262 e. The monoisotopic (exact) mass is 661 g/mol. The fraction of sp³-hybridized carbons (Fsp3) is 0.300. The van der Waals surface area contributed by atoms with Crippen LogP contribution in [0, 0.1) is 6.92 Å². The number of rotatable bonds is 10. The molecule has 1 N–H and O–H groups in total. The molecule has 9 nitrogen and oxygen atoms in total. The summed E-state index contributed by atoms with van der Waals surface area (Å²) in [5.74, 6) is -1.47. The quantitative estimate of drug-likeness (QED) is 0.269. The van der Waals surface area contributed by atoms with Crippen LogP contribution in [0.15, 0.2) is 63.7 Å². The summed E-state index contributed by atoms with van der Waals surface area (Å²) in [6, 6.07) is 13.3. The van der Waals surface area contributed by atoms with Gasteiger partial charge in [0.1, 0.15) is 14.3 Å². The maximum atomic E-state index is 13.5. The minimum Gasteiger partial charge on any atom is -0.379 e. The molecule has 226 valence electrons. The fourth-order valence-corrected chi connectivity index (χ4v) is 8.10. The van der Waals surface area contributed by atoms with Gasteiger partial charge in [0.25, 0.3) is 11.5 Å². The van der Waals surface area contributed by atoms with E-state index in [0.29, 0.717) is 53.9 Å². The number of fused-ring (bicyclic) bond motifs is 1. The van der Waals surface area contributed by atoms with Crippen LogP contribution >= 0.6 is 34.5 Å². The van der Waals surface area contributed by atoms with Crippen LogP contribution in [0.2, 0.25) is 9.36 Å². The molecule has 0 unspecified atom stereocenters. The molecule has 0 saturated carbocycles. The molecule has 3 heterocycles. The zero-order valence-corrected chi connectivity index (χ0v) is 26.4. The number of Topliss-reactive ketones (excluding diaryl/α,β-unsaturated/α-hetero) is 1. The molecule has 0 atom stereocenters. The lowest BCUT2D eigenvalue weighted by Crippen LogP contribution is -2.41. The number of benzene rings is 2. The molecule has 0 bridgehead atoms. The number of halogens is 2. The third-order valence-corrected chi connectivity index (χ3v) is 11.2.